The molecule has 0 aliphatic rings. The second kappa shape index (κ2) is 8.39. The summed E-state index contributed by atoms with van der Waals surface area (Å²) in [4.78, 5) is 12.5. The quantitative estimate of drug-likeness (QED) is 0.777. The van der Waals surface area contributed by atoms with Crippen LogP contribution in [-0.2, 0) is 16.6 Å². The maximum Gasteiger partial charge on any atom is 0.251 e. The van der Waals surface area contributed by atoms with Crippen molar-refractivity contribution in [2.75, 3.05) is 7.05 Å². The molecule has 0 aliphatic heterocycles. The van der Waals surface area contributed by atoms with Crippen LogP contribution in [0.2, 0.25) is 10.0 Å². The van der Waals surface area contributed by atoms with Crippen LogP contribution >= 0.6 is 23.2 Å². The van der Waals surface area contributed by atoms with E-state index in [4.69, 9.17) is 23.2 Å². The lowest BCUT2D eigenvalue weighted by Crippen LogP contribution is -2.33. The third-order valence-electron chi connectivity index (χ3n) is 3.95. The summed E-state index contributed by atoms with van der Waals surface area (Å²) in [7, 11) is -2.15. The highest BCUT2D eigenvalue weighted by Gasteiger charge is 2.23. The minimum absolute atomic E-state index is 0.0749. The van der Waals surface area contributed by atoms with Crippen molar-refractivity contribution in [3.05, 3.63) is 63.6 Å². The Kier molecular flexibility index (Phi) is 6.69. The molecular weight excluding hydrogens is 395 g/mol. The zero-order chi connectivity index (χ0) is 19.5. The molecule has 2 aromatic rings. The molecule has 0 radical (unpaired) electrons. The molecule has 0 aromatic heterocycles. The van der Waals surface area contributed by atoms with Crippen LogP contribution in [0.25, 0.3) is 0 Å². The second-order valence-electron chi connectivity index (χ2n) is 6.06. The number of nitrogens with zero attached hydrogens (tertiary/aromatic N) is 1. The predicted molar refractivity (Wildman–Crippen MR) is 104 cm³/mol. The van der Waals surface area contributed by atoms with E-state index in [1.165, 1.54) is 23.5 Å². The summed E-state index contributed by atoms with van der Waals surface area (Å²) < 4.78 is 26.4. The first-order chi connectivity index (χ1) is 12.1. The smallest absolute Gasteiger partial charge is 0.251 e. The molecule has 8 heteroatoms. The molecule has 0 aliphatic carbocycles. The molecule has 0 saturated carbocycles. The Morgan fingerprint density at radius 2 is 1.85 bits per heavy atom. The standard InChI is InChI=1S/C18H20Cl2N2O3S/c1-12(2)22(3)26(24,25)16-6-4-5-13(9-16)18(23)21-11-14-7-8-15(19)10-17(14)20/h4-10,12H,11H2,1-3H3,(H,21,23). The summed E-state index contributed by atoms with van der Waals surface area (Å²) in [5, 5.41) is 3.69. The molecule has 1 N–H and O–H groups in total. The summed E-state index contributed by atoms with van der Waals surface area (Å²) >= 11 is 11.9. The fraction of sp³-hybridized carbons (Fsp3) is 0.278. The van der Waals surface area contributed by atoms with E-state index in [1.54, 1.807) is 44.2 Å². The normalized spacial score (nSPS) is 11.8. The number of amides is 1. The Morgan fingerprint density at radius 1 is 1.15 bits per heavy atom. The third kappa shape index (κ3) is 4.76. The molecule has 0 saturated heterocycles. The van der Waals surface area contributed by atoms with Gasteiger partial charge in [-0.05, 0) is 49.7 Å². The van der Waals surface area contributed by atoms with Crippen molar-refractivity contribution in [1.29, 1.82) is 0 Å². The van der Waals surface area contributed by atoms with Crippen molar-refractivity contribution in [3.8, 4) is 0 Å². The minimum Gasteiger partial charge on any atom is -0.348 e. The molecule has 0 atom stereocenters. The van der Waals surface area contributed by atoms with Crippen LogP contribution < -0.4 is 5.32 Å². The van der Waals surface area contributed by atoms with Gasteiger partial charge in [-0.25, -0.2) is 8.42 Å². The van der Waals surface area contributed by atoms with Gasteiger partial charge in [-0.15, -0.1) is 0 Å². The van der Waals surface area contributed by atoms with E-state index in [0.717, 1.165) is 0 Å². The highest BCUT2D eigenvalue weighted by atomic mass is 35.5. The van der Waals surface area contributed by atoms with Crippen LogP contribution in [0, 0.1) is 0 Å². The van der Waals surface area contributed by atoms with E-state index in [1.807, 2.05) is 0 Å². The average molecular weight is 415 g/mol. The fourth-order valence-corrected chi connectivity index (χ4v) is 4.07. The van der Waals surface area contributed by atoms with Gasteiger partial charge >= 0.3 is 0 Å². The van der Waals surface area contributed by atoms with Crippen molar-refractivity contribution in [1.82, 2.24) is 9.62 Å². The number of nitrogens with one attached hydrogen (secondary N) is 1. The minimum atomic E-state index is -3.66. The lowest BCUT2D eigenvalue weighted by atomic mass is 10.2. The first-order valence-electron chi connectivity index (χ1n) is 7.93. The van der Waals surface area contributed by atoms with Gasteiger partial charge in [0, 0.05) is 35.2 Å². The van der Waals surface area contributed by atoms with Crippen LogP contribution in [0.3, 0.4) is 0 Å². The van der Waals surface area contributed by atoms with Crippen LogP contribution in [0.1, 0.15) is 29.8 Å². The zero-order valence-corrected chi connectivity index (χ0v) is 17.0. The zero-order valence-electron chi connectivity index (χ0n) is 14.7. The third-order valence-corrected chi connectivity index (χ3v) is 6.57. The van der Waals surface area contributed by atoms with Gasteiger partial charge in [-0.2, -0.15) is 4.31 Å². The summed E-state index contributed by atoms with van der Waals surface area (Å²) in [6.45, 7) is 3.77. The van der Waals surface area contributed by atoms with Gasteiger partial charge in [0.2, 0.25) is 10.0 Å². The summed E-state index contributed by atoms with van der Waals surface area (Å²) in [5.41, 5.74) is 0.973. The first kappa shape index (κ1) is 20.7. The number of halogens is 2. The van der Waals surface area contributed by atoms with E-state index in [9.17, 15) is 13.2 Å². The Balaban J connectivity index is 2.18. The van der Waals surface area contributed by atoms with E-state index < -0.39 is 10.0 Å². The summed E-state index contributed by atoms with van der Waals surface area (Å²) in [5.74, 6) is -0.389. The van der Waals surface area contributed by atoms with Crippen molar-refractivity contribution >= 4 is 39.1 Å². The van der Waals surface area contributed by atoms with Gasteiger partial charge in [-0.1, -0.05) is 35.3 Å². The number of benzene rings is 2. The van der Waals surface area contributed by atoms with E-state index >= 15 is 0 Å². The highest BCUT2D eigenvalue weighted by molar-refractivity contribution is 7.89. The molecule has 1 amide bonds. The summed E-state index contributed by atoms with van der Waals surface area (Å²) in [6, 6.07) is 10.8. The van der Waals surface area contributed by atoms with Crippen LogP contribution in [0.5, 0.6) is 0 Å². The molecule has 0 spiro atoms. The molecule has 140 valence electrons. The monoisotopic (exact) mass is 414 g/mol. The van der Waals surface area contributed by atoms with Crippen LogP contribution in [0.4, 0.5) is 0 Å². The second-order valence-corrected chi connectivity index (χ2v) is 8.90. The van der Waals surface area contributed by atoms with Crippen molar-refractivity contribution in [2.45, 2.75) is 31.3 Å². The van der Waals surface area contributed by atoms with E-state index in [2.05, 4.69) is 5.32 Å². The Bertz CT molecular complexity index is 914. The first-order valence-corrected chi connectivity index (χ1v) is 10.1. The number of carbonyl (C=O) groups excluding carboxylic acids is 1. The molecule has 0 unspecified atom stereocenters. The van der Waals surface area contributed by atoms with Gasteiger partial charge < -0.3 is 5.32 Å². The fourth-order valence-electron chi connectivity index (χ4n) is 2.18. The van der Waals surface area contributed by atoms with E-state index in [-0.39, 0.29) is 29.0 Å². The van der Waals surface area contributed by atoms with Crippen molar-refractivity contribution in [2.24, 2.45) is 0 Å². The number of rotatable bonds is 6. The van der Waals surface area contributed by atoms with Gasteiger partial charge in [0.05, 0.1) is 4.90 Å². The van der Waals surface area contributed by atoms with Gasteiger partial charge in [0.25, 0.3) is 5.91 Å². The topological polar surface area (TPSA) is 66.5 Å². The molecule has 0 fully saturated rings. The molecule has 2 rings (SSSR count). The highest BCUT2D eigenvalue weighted by Crippen LogP contribution is 2.21. The number of hydrogen-bond donors (Lipinski definition) is 1. The number of sulfonamides is 1. The maximum absolute atomic E-state index is 12.6. The molecule has 0 bridgehead atoms. The SMILES string of the molecule is CC(C)N(C)S(=O)(=O)c1cccc(C(=O)NCc2ccc(Cl)cc2Cl)c1. The van der Waals surface area contributed by atoms with E-state index in [0.29, 0.717) is 15.6 Å². The number of hydrogen-bond acceptors (Lipinski definition) is 3. The average Bonchev–Trinajstić information content (AvgIpc) is 2.60. The lowest BCUT2D eigenvalue weighted by molar-refractivity contribution is 0.0950. The number of carbonyl (C=O) groups is 1. The lowest BCUT2D eigenvalue weighted by Gasteiger charge is -2.21. The molecular formula is C18H20Cl2N2O3S. The maximum atomic E-state index is 12.6. The molecule has 5 nitrogen and oxygen atoms in total. The largest absolute Gasteiger partial charge is 0.348 e. The van der Waals surface area contributed by atoms with Crippen LogP contribution in [-0.4, -0.2) is 31.7 Å². The predicted octanol–water partition coefficient (Wildman–Crippen LogP) is 3.95. The Hall–Kier alpha value is -1.60. The van der Waals surface area contributed by atoms with Gasteiger partial charge in [-0.3, -0.25) is 4.79 Å². The summed E-state index contributed by atoms with van der Waals surface area (Å²) in [6.07, 6.45) is 0. The van der Waals surface area contributed by atoms with Crippen LogP contribution in [0.15, 0.2) is 47.4 Å². The Labute approximate surface area is 164 Å². The molecule has 0 heterocycles. The van der Waals surface area contributed by atoms with Crippen molar-refractivity contribution in [3.63, 3.8) is 0 Å². The Morgan fingerprint density at radius 3 is 2.46 bits per heavy atom. The molecule has 2 aromatic carbocycles. The van der Waals surface area contributed by atoms with Gasteiger partial charge in [0.1, 0.15) is 0 Å². The van der Waals surface area contributed by atoms with Gasteiger partial charge in [0.15, 0.2) is 0 Å². The molecule has 26 heavy (non-hydrogen) atoms. The van der Waals surface area contributed by atoms with Crippen molar-refractivity contribution < 1.29 is 13.2 Å².